The van der Waals surface area contributed by atoms with Gasteiger partial charge in [-0.1, -0.05) is 18.2 Å². The van der Waals surface area contributed by atoms with Crippen molar-refractivity contribution in [2.45, 2.75) is 12.5 Å². The highest BCUT2D eigenvalue weighted by atomic mass is 35.5. The number of hydrogen-bond acceptors (Lipinski definition) is 7. The Hall–Kier alpha value is -3.46. The molecule has 0 unspecified atom stereocenters. The van der Waals surface area contributed by atoms with Gasteiger partial charge in [-0.15, -0.1) is 0 Å². The van der Waals surface area contributed by atoms with E-state index in [9.17, 15) is 9.18 Å². The third-order valence-corrected chi connectivity index (χ3v) is 5.13. The van der Waals surface area contributed by atoms with E-state index in [2.05, 4.69) is 21.5 Å². The van der Waals surface area contributed by atoms with Crippen molar-refractivity contribution < 1.29 is 23.4 Å². The Labute approximate surface area is 182 Å². The van der Waals surface area contributed by atoms with Gasteiger partial charge in [-0.25, -0.2) is 14.4 Å². The zero-order valence-corrected chi connectivity index (χ0v) is 17.3. The maximum Gasteiger partial charge on any atom is 0.249 e. The Balaban J connectivity index is 1.59. The standard InChI is InChI=1S/C21H18ClFN4O4/c1-3-17(28)27-9-8-12(10-27)30-16-7-4-13-20(26-16)21(25-11-24-13)31-15-6-5-14(29-2)18(22)19(15)23/h3-7,11-12H,1,8-10H2,2H3/t12-/m0/s1. The molecule has 160 valence electrons. The number of rotatable bonds is 6. The maximum atomic E-state index is 14.6. The Bertz CT molecular complexity index is 1160. The number of amides is 1. The van der Waals surface area contributed by atoms with Gasteiger partial charge in [0.1, 0.15) is 23.2 Å². The first kappa shape index (κ1) is 20.8. The van der Waals surface area contributed by atoms with E-state index >= 15 is 0 Å². The molecule has 2 aromatic heterocycles. The minimum absolute atomic E-state index is 0.0467. The SMILES string of the molecule is C=CC(=O)N1CC[C@H](Oc2ccc3ncnc(Oc4ccc(OC)c(Cl)c4F)c3n2)C1. The van der Waals surface area contributed by atoms with Crippen molar-refractivity contribution in [2.75, 3.05) is 20.2 Å². The predicted octanol–water partition coefficient (Wildman–Crippen LogP) is 3.78. The van der Waals surface area contributed by atoms with Crippen LogP contribution in [0.25, 0.3) is 11.0 Å². The van der Waals surface area contributed by atoms with E-state index in [1.165, 1.54) is 31.6 Å². The minimum Gasteiger partial charge on any atom is -0.495 e. The number of benzene rings is 1. The van der Waals surface area contributed by atoms with Gasteiger partial charge in [-0.05, 0) is 24.3 Å². The highest BCUT2D eigenvalue weighted by molar-refractivity contribution is 6.32. The highest BCUT2D eigenvalue weighted by Crippen LogP contribution is 2.36. The van der Waals surface area contributed by atoms with Crippen molar-refractivity contribution in [3.63, 3.8) is 0 Å². The lowest BCUT2D eigenvalue weighted by Crippen LogP contribution is -2.29. The van der Waals surface area contributed by atoms with Crippen LogP contribution in [-0.4, -0.2) is 52.1 Å². The Morgan fingerprint density at radius 2 is 2.10 bits per heavy atom. The van der Waals surface area contributed by atoms with Crippen LogP contribution in [0.4, 0.5) is 4.39 Å². The molecule has 0 radical (unpaired) electrons. The number of hydrogen-bond donors (Lipinski definition) is 0. The van der Waals surface area contributed by atoms with Crippen LogP contribution in [0.3, 0.4) is 0 Å². The van der Waals surface area contributed by atoms with Gasteiger partial charge in [0, 0.05) is 19.0 Å². The topological polar surface area (TPSA) is 86.7 Å². The van der Waals surface area contributed by atoms with Gasteiger partial charge in [0.15, 0.2) is 17.1 Å². The van der Waals surface area contributed by atoms with Gasteiger partial charge in [0.25, 0.3) is 0 Å². The van der Waals surface area contributed by atoms with Gasteiger partial charge >= 0.3 is 0 Å². The molecule has 3 aromatic rings. The Morgan fingerprint density at radius 1 is 1.29 bits per heavy atom. The van der Waals surface area contributed by atoms with E-state index in [1.54, 1.807) is 17.0 Å². The molecule has 1 atom stereocenters. The molecule has 0 aliphatic carbocycles. The lowest BCUT2D eigenvalue weighted by atomic mass is 10.3. The number of methoxy groups -OCH3 is 1. The number of ether oxygens (including phenoxy) is 3. The van der Waals surface area contributed by atoms with Gasteiger partial charge in [0.05, 0.1) is 19.2 Å². The molecule has 1 saturated heterocycles. The number of carbonyl (C=O) groups excluding carboxylic acids is 1. The van der Waals surface area contributed by atoms with Gasteiger partial charge in [0.2, 0.25) is 17.7 Å². The second-order valence-corrected chi connectivity index (χ2v) is 7.09. The molecule has 1 aromatic carbocycles. The summed E-state index contributed by atoms with van der Waals surface area (Å²) in [6.07, 6.45) is 3.03. The van der Waals surface area contributed by atoms with E-state index in [4.69, 9.17) is 25.8 Å². The summed E-state index contributed by atoms with van der Waals surface area (Å²) in [7, 11) is 1.39. The van der Waals surface area contributed by atoms with Crippen molar-refractivity contribution >= 4 is 28.5 Å². The first-order valence-electron chi connectivity index (χ1n) is 9.39. The number of pyridine rings is 1. The van der Waals surface area contributed by atoms with Crippen molar-refractivity contribution in [2.24, 2.45) is 0 Å². The Kier molecular flexibility index (Phi) is 5.85. The fourth-order valence-corrected chi connectivity index (χ4v) is 3.45. The minimum atomic E-state index is -0.780. The zero-order chi connectivity index (χ0) is 22.0. The zero-order valence-electron chi connectivity index (χ0n) is 16.5. The van der Waals surface area contributed by atoms with Gasteiger partial charge in [-0.2, -0.15) is 4.98 Å². The fourth-order valence-electron chi connectivity index (χ4n) is 3.22. The van der Waals surface area contributed by atoms with Crippen LogP contribution in [0.5, 0.6) is 23.3 Å². The summed E-state index contributed by atoms with van der Waals surface area (Å²) in [6.45, 7) is 4.52. The van der Waals surface area contributed by atoms with E-state index in [0.29, 0.717) is 36.4 Å². The second kappa shape index (κ2) is 8.73. The highest BCUT2D eigenvalue weighted by Gasteiger charge is 2.27. The molecule has 1 fully saturated rings. The Morgan fingerprint density at radius 3 is 2.87 bits per heavy atom. The molecule has 3 heterocycles. The lowest BCUT2D eigenvalue weighted by molar-refractivity contribution is -0.125. The molecule has 1 aliphatic rings. The third kappa shape index (κ3) is 4.22. The van der Waals surface area contributed by atoms with Crippen LogP contribution in [-0.2, 0) is 4.79 Å². The largest absolute Gasteiger partial charge is 0.495 e. The summed E-state index contributed by atoms with van der Waals surface area (Å²) >= 11 is 5.97. The molecule has 0 spiro atoms. The predicted molar refractivity (Wildman–Crippen MR) is 111 cm³/mol. The third-order valence-electron chi connectivity index (χ3n) is 4.78. The molecular weight excluding hydrogens is 427 g/mol. The molecule has 1 amide bonds. The molecule has 31 heavy (non-hydrogen) atoms. The summed E-state index contributed by atoms with van der Waals surface area (Å²) in [6, 6.07) is 6.24. The summed E-state index contributed by atoms with van der Waals surface area (Å²) in [5.41, 5.74) is 0.788. The van der Waals surface area contributed by atoms with E-state index in [-0.39, 0.29) is 34.4 Å². The van der Waals surface area contributed by atoms with Crippen LogP contribution < -0.4 is 14.2 Å². The molecule has 10 heteroatoms. The van der Waals surface area contributed by atoms with E-state index in [1.807, 2.05) is 0 Å². The van der Waals surface area contributed by atoms with Crippen molar-refractivity contribution in [1.82, 2.24) is 19.9 Å². The van der Waals surface area contributed by atoms with Crippen LogP contribution in [0.2, 0.25) is 5.02 Å². The summed E-state index contributed by atoms with van der Waals surface area (Å²) < 4.78 is 31.1. The molecule has 1 aliphatic heterocycles. The van der Waals surface area contributed by atoms with E-state index < -0.39 is 5.82 Å². The molecule has 0 saturated carbocycles. The maximum absolute atomic E-state index is 14.6. The molecule has 0 N–H and O–H groups in total. The van der Waals surface area contributed by atoms with Gasteiger partial charge < -0.3 is 19.1 Å². The average Bonchev–Trinajstić information content (AvgIpc) is 3.25. The number of carbonyl (C=O) groups is 1. The molecule has 0 bridgehead atoms. The van der Waals surface area contributed by atoms with Crippen molar-refractivity contribution in [1.29, 1.82) is 0 Å². The summed E-state index contributed by atoms with van der Waals surface area (Å²) in [4.78, 5) is 26.1. The number of likely N-dealkylation sites (tertiary alicyclic amines) is 1. The first-order chi connectivity index (χ1) is 15.0. The molecule has 8 nitrogen and oxygen atoms in total. The average molecular weight is 445 g/mol. The smallest absolute Gasteiger partial charge is 0.249 e. The summed E-state index contributed by atoms with van der Waals surface area (Å²) in [5, 5.41) is -0.199. The van der Waals surface area contributed by atoms with E-state index in [0.717, 1.165) is 0 Å². The second-order valence-electron chi connectivity index (χ2n) is 6.71. The normalized spacial score (nSPS) is 15.7. The molecule has 4 rings (SSSR count). The quantitative estimate of drug-likeness (QED) is 0.534. The first-order valence-corrected chi connectivity index (χ1v) is 9.77. The van der Waals surface area contributed by atoms with Crippen molar-refractivity contribution in [3.05, 3.63) is 54.1 Å². The van der Waals surface area contributed by atoms with Crippen LogP contribution >= 0.6 is 11.6 Å². The number of fused-ring (bicyclic) bond motifs is 1. The molecular formula is C21H18ClFN4O4. The number of aromatic nitrogens is 3. The van der Waals surface area contributed by atoms with Crippen LogP contribution in [0.15, 0.2) is 43.2 Å². The number of halogens is 2. The lowest BCUT2D eigenvalue weighted by Gasteiger charge is -2.15. The fraction of sp³-hybridized carbons (Fsp3) is 0.238. The van der Waals surface area contributed by atoms with Crippen molar-refractivity contribution in [3.8, 4) is 23.3 Å². The van der Waals surface area contributed by atoms with Crippen LogP contribution in [0, 0.1) is 5.82 Å². The number of nitrogens with zero attached hydrogens (tertiary/aromatic N) is 4. The van der Waals surface area contributed by atoms with Gasteiger partial charge in [-0.3, -0.25) is 4.79 Å². The summed E-state index contributed by atoms with van der Waals surface area (Å²) in [5.74, 6) is -0.495. The van der Waals surface area contributed by atoms with Crippen LogP contribution in [0.1, 0.15) is 6.42 Å². The monoisotopic (exact) mass is 444 g/mol.